The molecular weight excluding hydrogens is 372 g/mol. The van der Waals surface area contributed by atoms with Crippen LogP contribution in [0, 0.1) is 10.1 Å². The molecule has 1 N–H and O–H groups in total. The van der Waals surface area contributed by atoms with Crippen molar-refractivity contribution in [3.8, 4) is 11.1 Å². The minimum atomic E-state index is -0.286. The SMILES string of the molecule is O=[N+]([O-])c1ccc2ccccc2c1-c1cc2[nH]c3ccccc3c2c2ccccc12. The van der Waals surface area contributed by atoms with Crippen LogP contribution < -0.4 is 0 Å². The van der Waals surface area contributed by atoms with Gasteiger partial charge >= 0.3 is 0 Å². The molecule has 0 unspecified atom stereocenters. The lowest BCUT2D eigenvalue weighted by Gasteiger charge is -2.12. The number of nitrogens with one attached hydrogen (secondary N) is 1. The third kappa shape index (κ3) is 2.28. The summed E-state index contributed by atoms with van der Waals surface area (Å²) in [5.41, 5.74) is 3.69. The van der Waals surface area contributed by atoms with Crippen LogP contribution in [0.5, 0.6) is 0 Å². The van der Waals surface area contributed by atoms with Crippen LogP contribution in [0.1, 0.15) is 0 Å². The molecular formula is C26H16N2O2. The Labute approximate surface area is 171 Å². The number of hydrogen-bond donors (Lipinski definition) is 1. The third-order valence-electron chi connectivity index (χ3n) is 5.88. The van der Waals surface area contributed by atoms with Crippen LogP contribution in [0.15, 0.2) is 91.0 Å². The number of hydrogen-bond acceptors (Lipinski definition) is 2. The Morgan fingerprint density at radius 3 is 2.13 bits per heavy atom. The quantitative estimate of drug-likeness (QED) is 0.252. The zero-order chi connectivity index (χ0) is 20.2. The molecule has 0 spiro atoms. The summed E-state index contributed by atoms with van der Waals surface area (Å²) in [7, 11) is 0. The molecule has 0 saturated heterocycles. The molecule has 0 atom stereocenters. The molecule has 5 aromatic carbocycles. The molecule has 6 rings (SSSR count). The van der Waals surface area contributed by atoms with Crippen molar-refractivity contribution in [3.63, 3.8) is 0 Å². The second-order valence-corrected chi connectivity index (χ2v) is 7.50. The summed E-state index contributed by atoms with van der Waals surface area (Å²) in [4.78, 5) is 15.2. The summed E-state index contributed by atoms with van der Waals surface area (Å²) in [6.07, 6.45) is 0. The van der Waals surface area contributed by atoms with Gasteiger partial charge in [-0.15, -0.1) is 0 Å². The second kappa shape index (κ2) is 6.16. The highest BCUT2D eigenvalue weighted by atomic mass is 16.6. The van der Waals surface area contributed by atoms with Gasteiger partial charge in [-0.3, -0.25) is 10.1 Å². The van der Waals surface area contributed by atoms with Crippen molar-refractivity contribution in [3.05, 3.63) is 101 Å². The third-order valence-corrected chi connectivity index (χ3v) is 5.88. The molecule has 0 aliphatic heterocycles. The smallest absolute Gasteiger partial charge is 0.277 e. The normalized spacial score (nSPS) is 11.6. The molecule has 0 amide bonds. The van der Waals surface area contributed by atoms with E-state index < -0.39 is 0 Å². The number of nitro groups is 1. The molecule has 0 aliphatic rings. The summed E-state index contributed by atoms with van der Waals surface area (Å²) >= 11 is 0. The van der Waals surface area contributed by atoms with Crippen LogP contribution in [0.2, 0.25) is 0 Å². The summed E-state index contributed by atoms with van der Waals surface area (Å²) in [6.45, 7) is 0. The number of nitro benzene ring substituents is 1. The maximum absolute atomic E-state index is 12.0. The zero-order valence-electron chi connectivity index (χ0n) is 15.9. The van der Waals surface area contributed by atoms with Gasteiger partial charge in [-0.2, -0.15) is 0 Å². The number of benzene rings is 5. The van der Waals surface area contributed by atoms with Gasteiger partial charge in [0.15, 0.2) is 0 Å². The summed E-state index contributed by atoms with van der Waals surface area (Å²) in [6, 6.07) is 29.7. The Morgan fingerprint density at radius 1 is 0.667 bits per heavy atom. The van der Waals surface area contributed by atoms with E-state index >= 15 is 0 Å². The van der Waals surface area contributed by atoms with Crippen molar-refractivity contribution in [1.29, 1.82) is 0 Å². The summed E-state index contributed by atoms with van der Waals surface area (Å²) in [5, 5.41) is 18.2. The molecule has 142 valence electrons. The molecule has 1 aromatic heterocycles. The predicted octanol–water partition coefficient (Wildman–Crippen LogP) is 7.20. The van der Waals surface area contributed by atoms with Gasteiger partial charge in [-0.05, 0) is 45.3 Å². The predicted molar refractivity (Wildman–Crippen MR) is 123 cm³/mol. The van der Waals surface area contributed by atoms with Crippen LogP contribution in [0.25, 0.3) is 54.5 Å². The Morgan fingerprint density at radius 2 is 1.33 bits per heavy atom. The Bertz CT molecular complexity index is 1630. The largest absolute Gasteiger partial charge is 0.354 e. The number of fused-ring (bicyclic) bond motifs is 6. The number of H-pyrrole nitrogens is 1. The summed E-state index contributed by atoms with van der Waals surface area (Å²) in [5.74, 6) is 0. The monoisotopic (exact) mass is 388 g/mol. The van der Waals surface area contributed by atoms with E-state index in [0.29, 0.717) is 5.56 Å². The van der Waals surface area contributed by atoms with Gasteiger partial charge in [0.1, 0.15) is 0 Å². The van der Waals surface area contributed by atoms with Crippen LogP contribution in [-0.2, 0) is 0 Å². The second-order valence-electron chi connectivity index (χ2n) is 7.50. The number of nitrogens with zero attached hydrogens (tertiary/aromatic N) is 1. The Kier molecular flexibility index (Phi) is 3.44. The van der Waals surface area contributed by atoms with E-state index in [1.165, 1.54) is 0 Å². The van der Waals surface area contributed by atoms with Crippen molar-refractivity contribution >= 4 is 49.0 Å². The first-order chi connectivity index (χ1) is 14.7. The lowest BCUT2D eigenvalue weighted by molar-refractivity contribution is -0.384. The Hall–Kier alpha value is -4.18. The minimum absolute atomic E-state index is 0.120. The van der Waals surface area contributed by atoms with Crippen molar-refractivity contribution in [2.75, 3.05) is 0 Å². The van der Waals surface area contributed by atoms with Crippen LogP contribution in [0.3, 0.4) is 0 Å². The average Bonchev–Trinajstić information content (AvgIpc) is 3.16. The van der Waals surface area contributed by atoms with Gasteiger partial charge in [0.2, 0.25) is 0 Å². The fraction of sp³-hybridized carbons (Fsp3) is 0. The van der Waals surface area contributed by atoms with Crippen LogP contribution in [0.4, 0.5) is 5.69 Å². The van der Waals surface area contributed by atoms with Gasteiger partial charge < -0.3 is 4.98 Å². The van der Waals surface area contributed by atoms with Gasteiger partial charge in [-0.25, -0.2) is 0 Å². The first-order valence-electron chi connectivity index (χ1n) is 9.81. The number of rotatable bonds is 2. The van der Waals surface area contributed by atoms with Gasteiger partial charge in [0.25, 0.3) is 5.69 Å². The molecule has 0 bridgehead atoms. The molecule has 4 nitrogen and oxygen atoms in total. The van der Waals surface area contributed by atoms with Crippen molar-refractivity contribution in [2.45, 2.75) is 0 Å². The average molecular weight is 388 g/mol. The Balaban J connectivity index is 1.86. The van der Waals surface area contributed by atoms with E-state index in [1.807, 2.05) is 54.6 Å². The number of para-hydroxylation sites is 1. The van der Waals surface area contributed by atoms with Crippen molar-refractivity contribution in [1.82, 2.24) is 4.98 Å². The van der Waals surface area contributed by atoms with Gasteiger partial charge in [-0.1, -0.05) is 66.7 Å². The molecule has 30 heavy (non-hydrogen) atoms. The minimum Gasteiger partial charge on any atom is -0.354 e. The van der Waals surface area contributed by atoms with E-state index in [4.69, 9.17) is 0 Å². The van der Waals surface area contributed by atoms with E-state index in [9.17, 15) is 10.1 Å². The highest BCUT2D eigenvalue weighted by Crippen LogP contribution is 2.43. The van der Waals surface area contributed by atoms with Crippen LogP contribution >= 0.6 is 0 Å². The highest BCUT2D eigenvalue weighted by Gasteiger charge is 2.22. The standard InChI is InChI=1S/C26H16N2O2/c29-28(30)24-14-13-16-7-1-2-8-17(16)26(24)21-15-23-25(19-10-4-3-9-18(19)21)20-11-5-6-12-22(20)27-23/h1-15,27H. The maximum Gasteiger partial charge on any atom is 0.277 e. The highest BCUT2D eigenvalue weighted by molar-refractivity contribution is 6.24. The van der Waals surface area contributed by atoms with Crippen LogP contribution in [-0.4, -0.2) is 9.91 Å². The zero-order valence-corrected chi connectivity index (χ0v) is 15.9. The molecule has 0 saturated carbocycles. The van der Waals surface area contributed by atoms with Crippen molar-refractivity contribution in [2.24, 2.45) is 0 Å². The maximum atomic E-state index is 12.0. The topological polar surface area (TPSA) is 58.9 Å². The molecule has 0 aliphatic carbocycles. The van der Waals surface area contributed by atoms with E-state index in [1.54, 1.807) is 6.07 Å². The molecule has 0 fully saturated rings. The first kappa shape index (κ1) is 16.7. The molecule has 1 heterocycles. The molecule has 0 radical (unpaired) electrons. The van der Waals surface area contributed by atoms with E-state index in [2.05, 4.69) is 35.3 Å². The number of aromatic nitrogens is 1. The molecule has 6 aromatic rings. The number of aromatic amines is 1. The van der Waals surface area contributed by atoms with E-state index in [-0.39, 0.29) is 10.6 Å². The van der Waals surface area contributed by atoms with Crippen molar-refractivity contribution < 1.29 is 4.92 Å². The lowest BCUT2D eigenvalue weighted by Crippen LogP contribution is -1.94. The first-order valence-corrected chi connectivity index (χ1v) is 9.81. The fourth-order valence-electron chi connectivity index (χ4n) is 4.62. The fourth-order valence-corrected chi connectivity index (χ4v) is 4.62. The van der Waals surface area contributed by atoms with Gasteiger partial charge in [0, 0.05) is 27.9 Å². The summed E-state index contributed by atoms with van der Waals surface area (Å²) < 4.78 is 0. The lowest BCUT2D eigenvalue weighted by atomic mass is 9.91. The van der Waals surface area contributed by atoms with Gasteiger partial charge in [0.05, 0.1) is 10.5 Å². The van der Waals surface area contributed by atoms with E-state index in [0.717, 1.165) is 48.9 Å². The molecule has 4 heteroatoms.